The van der Waals surface area contributed by atoms with Crippen LogP contribution in [-0.2, 0) is 20.4 Å². The van der Waals surface area contributed by atoms with Crippen molar-refractivity contribution >= 4 is 31.0 Å². The third kappa shape index (κ3) is 6.95. The summed E-state index contributed by atoms with van der Waals surface area (Å²) in [6.45, 7) is 2.48. The molecule has 1 heterocycles. The Hall–Kier alpha value is -1.15. The quantitative estimate of drug-likeness (QED) is 0.573. The molecule has 2 aromatic rings. The van der Waals surface area contributed by atoms with Gasteiger partial charge in [-0.2, -0.15) is 0 Å². The molecule has 1 aliphatic rings. The first-order chi connectivity index (χ1) is 13.8. The molecule has 3 rings (SSSR count). The van der Waals surface area contributed by atoms with Gasteiger partial charge in [-0.15, -0.1) is 0 Å². The summed E-state index contributed by atoms with van der Waals surface area (Å²) >= 11 is 12.3. The molecule has 7 nitrogen and oxygen atoms in total. The lowest BCUT2D eigenvalue weighted by Gasteiger charge is -2.33. The Morgan fingerprint density at radius 1 is 1.14 bits per heavy atom. The Morgan fingerprint density at radius 3 is 2.48 bits per heavy atom. The van der Waals surface area contributed by atoms with Crippen LogP contribution in [0.1, 0.15) is 17.2 Å². The van der Waals surface area contributed by atoms with Crippen molar-refractivity contribution in [1.29, 1.82) is 0 Å². The number of halogens is 2. The summed E-state index contributed by atoms with van der Waals surface area (Å²) in [6.07, 6.45) is -0.133. The number of phosphoric ester groups is 1. The Morgan fingerprint density at radius 2 is 1.83 bits per heavy atom. The van der Waals surface area contributed by atoms with Gasteiger partial charge >= 0.3 is 7.82 Å². The van der Waals surface area contributed by atoms with Crippen LogP contribution < -0.4 is 4.74 Å². The van der Waals surface area contributed by atoms with Crippen molar-refractivity contribution in [2.75, 3.05) is 32.8 Å². The Bertz CT molecular complexity index is 840. The molecule has 0 aliphatic carbocycles. The van der Waals surface area contributed by atoms with E-state index in [1.807, 2.05) is 29.2 Å². The van der Waals surface area contributed by atoms with E-state index in [0.717, 1.165) is 11.1 Å². The summed E-state index contributed by atoms with van der Waals surface area (Å²) in [7, 11) is -4.44. The third-order valence-electron chi connectivity index (χ3n) is 4.51. The molecule has 0 saturated carbocycles. The standard InChI is InChI=1S/C19H22Cl2NO6P/c20-17-2-1-3-18(21)16(17)13-27-15-6-4-14(5-7-15)19-12-22(8-10-26-19)9-11-28-29(23,24)25/h1-7,19H,8-13H2,(H2,23,24,25). The molecule has 10 heteroatoms. The number of rotatable bonds is 8. The number of benzene rings is 2. The van der Waals surface area contributed by atoms with Crippen molar-refractivity contribution in [2.24, 2.45) is 0 Å². The van der Waals surface area contributed by atoms with Gasteiger partial charge < -0.3 is 19.3 Å². The number of morpholine rings is 1. The van der Waals surface area contributed by atoms with E-state index in [0.29, 0.717) is 42.0 Å². The fourth-order valence-corrected chi connectivity index (χ4v) is 3.83. The van der Waals surface area contributed by atoms with Crippen molar-refractivity contribution < 1.29 is 28.3 Å². The van der Waals surface area contributed by atoms with E-state index in [4.69, 9.17) is 42.5 Å². The molecule has 1 unspecified atom stereocenters. The first-order valence-corrected chi connectivity index (χ1v) is 11.3. The van der Waals surface area contributed by atoms with Crippen molar-refractivity contribution in [3.63, 3.8) is 0 Å². The second-order valence-corrected chi connectivity index (χ2v) is 8.60. The smallest absolute Gasteiger partial charge is 0.469 e. The van der Waals surface area contributed by atoms with E-state index < -0.39 is 7.82 Å². The van der Waals surface area contributed by atoms with E-state index >= 15 is 0 Å². The molecular formula is C19H22Cl2NO6P. The second-order valence-electron chi connectivity index (χ2n) is 6.54. The van der Waals surface area contributed by atoms with Crippen LogP contribution >= 0.6 is 31.0 Å². The van der Waals surface area contributed by atoms with Crippen LogP contribution in [0.3, 0.4) is 0 Å². The van der Waals surface area contributed by atoms with Gasteiger partial charge in [-0.25, -0.2) is 4.57 Å². The van der Waals surface area contributed by atoms with E-state index in [1.165, 1.54) is 0 Å². The van der Waals surface area contributed by atoms with Gasteiger partial charge in [0.05, 0.1) is 19.3 Å². The minimum atomic E-state index is -4.44. The lowest BCUT2D eigenvalue weighted by Crippen LogP contribution is -2.40. The number of hydrogen-bond donors (Lipinski definition) is 2. The molecule has 0 spiro atoms. The number of ether oxygens (including phenoxy) is 2. The molecule has 2 aromatic carbocycles. The van der Waals surface area contributed by atoms with E-state index in [2.05, 4.69) is 4.52 Å². The highest BCUT2D eigenvalue weighted by Crippen LogP contribution is 2.35. The molecule has 1 fully saturated rings. The summed E-state index contributed by atoms with van der Waals surface area (Å²) in [6, 6.07) is 12.9. The summed E-state index contributed by atoms with van der Waals surface area (Å²) in [4.78, 5) is 19.6. The fraction of sp³-hybridized carbons (Fsp3) is 0.368. The summed E-state index contributed by atoms with van der Waals surface area (Å²) in [5.41, 5.74) is 1.73. The lowest BCUT2D eigenvalue weighted by molar-refractivity contribution is -0.0336. The summed E-state index contributed by atoms with van der Waals surface area (Å²) < 4.78 is 26.9. The highest BCUT2D eigenvalue weighted by Gasteiger charge is 2.23. The molecule has 0 bridgehead atoms. The lowest BCUT2D eigenvalue weighted by atomic mass is 10.1. The maximum atomic E-state index is 10.8. The van der Waals surface area contributed by atoms with Gasteiger partial charge in [0.2, 0.25) is 0 Å². The van der Waals surface area contributed by atoms with Crippen LogP contribution in [0.4, 0.5) is 0 Å². The van der Waals surface area contributed by atoms with Crippen LogP contribution in [0, 0.1) is 0 Å². The maximum Gasteiger partial charge on any atom is 0.469 e. The average Bonchev–Trinajstić information content (AvgIpc) is 2.67. The highest BCUT2D eigenvalue weighted by atomic mass is 35.5. The van der Waals surface area contributed by atoms with Crippen LogP contribution in [0.2, 0.25) is 10.0 Å². The molecule has 1 atom stereocenters. The van der Waals surface area contributed by atoms with Crippen molar-refractivity contribution in [3.05, 3.63) is 63.6 Å². The molecule has 0 radical (unpaired) electrons. The maximum absolute atomic E-state index is 10.8. The first-order valence-electron chi connectivity index (χ1n) is 9.01. The van der Waals surface area contributed by atoms with Gasteiger partial charge in [-0.05, 0) is 29.8 Å². The zero-order valence-corrected chi connectivity index (χ0v) is 17.9. The summed E-state index contributed by atoms with van der Waals surface area (Å²) in [5.74, 6) is 0.687. The molecule has 1 saturated heterocycles. The SMILES string of the molecule is O=P(O)(O)OCCN1CCOC(c2ccc(OCc3c(Cl)cccc3Cl)cc2)C1. The molecule has 0 amide bonds. The molecule has 2 N–H and O–H groups in total. The average molecular weight is 462 g/mol. The minimum Gasteiger partial charge on any atom is -0.489 e. The molecule has 0 aromatic heterocycles. The van der Waals surface area contributed by atoms with Gasteiger partial charge in [-0.1, -0.05) is 41.4 Å². The number of nitrogens with zero attached hydrogens (tertiary/aromatic N) is 1. The Kier molecular flexibility index (Phi) is 7.96. The number of phosphoric acid groups is 1. The number of hydrogen-bond acceptors (Lipinski definition) is 5. The normalized spacial score (nSPS) is 18.0. The van der Waals surface area contributed by atoms with Crippen LogP contribution in [0.25, 0.3) is 0 Å². The van der Waals surface area contributed by atoms with Gasteiger partial charge in [0, 0.05) is 35.2 Å². The van der Waals surface area contributed by atoms with E-state index in [-0.39, 0.29) is 19.3 Å². The molecular weight excluding hydrogens is 440 g/mol. The molecule has 158 valence electrons. The fourth-order valence-electron chi connectivity index (χ4n) is 3.00. The zero-order chi connectivity index (χ0) is 20.9. The first kappa shape index (κ1) is 22.5. The van der Waals surface area contributed by atoms with Crippen LogP contribution in [0.5, 0.6) is 5.75 Å². The van der Waals surface area contributed by atoms with E-state index in [9.17, 15) is 4.57 Å². The van der Waals surface area contributed by atoms with Crippen LogP contribution in [0.15, 0.2) is 42.5 Å². The minimum absolute atomic E-state index is 0.0334. The Balaban J connectivity index is 1.53. The van der Waals surface area contributed by atoms with Crippen LogP contribution in [-0.4, -0.2) is 47.5 Å². The highest BCUT2D eigenvalue weighted by molar-refractivity contribution is 7.46. The monoisotopic (exact) mass is 461 g/mol. The largest absolute Gasteiger partial charge is 0.489 e. The van der Waals surface area contributed by atoms with E-state index in [1.54, 1.807) is 18.2 Å². The zero-order valence-electron chi connectivity index (χ0n) is 15.5. The predicted octanol–water partition coefficient (Wildman–Crippen LogP) is 4.06. The van der Waals surface area contributed by atoms with Gasteiger partial charge in [0.1, 0.15) is 12.4 Å². The van der Waals surface area contributed by atoms with Gasteiger partial charge in [-0.3, -0.25) is 9.42 Å². The molecule has 1 aliphatic heterocycles. The van der Waals surface area contributed by atoms with Crippen molar-refractivity contribution in [3.8, 4) is 5.75 Å². The predicted molar refractivity (Wildman–Crippen MR) is 110 cm³/mol. The van der Waals surface area contributed by atoms with Gasteiger partial charge in [0.25, 0.3) is 0 Å². The van der Waals surface area contributed by atoms with Crippen molar-refractivity contribution in [1.82, 2.24) is 4.90 Å². The second kappa shape index (κ2) is 10.2. The Labute approximate surface area is 179 Å². The topological polar surface area (TPSA) is 88.5 Å². The van der Waals surface area contributed by atoms with Crippen molar-refractivity contribution in [2.45, 2.75) is 12.7 Å². The molecule has 29 heavy (non-hydrogen) atoms. The summed E-state index contributed by atoms with van der Waals surface area (Å²) in [5, 5.41) is 1.13. The third-order valence-corrected chi connectivity index (χ3v) is 5.74. The van der Waals surface area contributed by atoms with Gasteiger partial charge in [0.15, 0.2) is 0 Å².